The number of likely N-dealkylation sites (N-methyl/N-ethyl adjacent to an activating group) is 1. The predicted octanol–water partition coefficient (Wildman–Crippen LogP) is 2.83. The van der Waals surface area contributed by atoms with Crippen LogP contribution in [0.5, 0.6) is 0 Å². The topological polar surface area (TPSA) is 60.2 Å². The monoisotopic (exact) mass is 369 g/mol. The molecule has 2 unspecified atom stereocenters. The Kier molecular flexibility index (Phi) is 4.95. The standard InChI is InChI=1S/C14H16BrN3O2S/c1-16-11-7-19-6-9(11)14-17-13(18-20-14)8-21-12-5-3-2-4-10(12)15/h2-5,9,11,16H,6-8H2,1H3. The fourth-order valence-electron chi connectivity index (χ4n) is 2.26. The molecule has 0 spiro atoms. The lowest BCUT2D eigenvalue weighted by molar-refractivity contribution is 0.185. The summed E-state index contributed by atoms with van der Waals surface area (Å²) in [5, 5.41) is 7.29. The van der Waals surface area contributed by atoms with E-state index in [1.165, 1.54) is 4.90 Å². The second-order valence-corrected chi connectivity index (χ2v) is 6.68. The summed E-state index contributed by atoms with van der Waals surface area (Å²) in [7, 11) is 1.92. The molecule has 0 amide bonds. The van der Waals surface area contributed by atoms with Gasteiger partial charge in [0.2, 0.25) is 5.89 Å². The maximum Gasteiger partial charge on any atom is 0.233 e. The molecule has 1 saturated heterocycles. The Balaban J connectivity index is 1.64. The van der Waals surface area contributed by atoms with Crippen molar-refractivity contribution in [3.8, 4) is 0 Å². The predicted molar refractivity (Wildman–Crippen MR) is 84.4 cm³/mol. The summed E-state index contributed by atoms with van der Waals surface area (Å²) in [5.41, 5.74) is 0. The van der Waals surface area contributed by atoms with Crippen molar-refractivity contribution < 1.29 is 9.26 Å². The quantitative estimate of drug-likeness (QED) is 0.817. The molecule has 1 aromatic carbocycles. The van der Waals surface area contributed by atoms with Crippen LogP contribution in [0.2, 0.25) is 0 Å². The van der Waals surface area contributed by atoms with Crippen LogP contribution < -0.4 is 5.32 Å². The van der Waals surface area contributed by atoms with Gasteiger partial charge >= 0.3 is 0 Å². The van der Waals surface area contributed by atoms with Crippen molar-refractivity contribution in [2.75, 3.05) is 20.3 Å². The van der Waals surface area contributed by atoms with Crippen molar-refractivity contribution in [2.45, 2.75) is 22.6 Å². The molecule has 2 aromatic rings. The molecular formula is C14H16BrN3O2S. The van der Waals surface area contributed by atoms with Crippen LogP contribution in [-0.4, -0.2) is 36.4 Å². The number of halogens is 1. The Bertz CT molecular complexity index is 607. The van der Waals surface area contributed by atoms with Gasteiger partial charge in [-0.3, -0.25) is 0 Å². The van der Waals surface area contributed by atoms with Crippen LogP contribution in [0, 0.1) is 0 Å². The van der Waals surface area contributed by atoms with Crippen molar-refractivity contribution in [1.29, 1.82) is 0 Å². The molecule has 0 bridgehead atoms. The third kappa shape index (κ3) is 3.48. The van der Waals surface area contributed by atoms with Gasteiger partial charge in [0.05, 0.1) is 24.9 Å². The first kappa shape index (κ1) is 15.0. The molecular weight excluding hydrogens is 354 g/mol. The molecule has 1 aliphatic heterocycles. The van der Waals surface area contributed by atoms with E-state index in [1.54, 1.807) is 11.8 Å². The molecule has 21 heavy (non-hydrogen) atoms. The average molecular weight is 370 g/mol. The first-order valence-electron chi connectivity index (χ1n) is 6.72. The van der Waals surface area contributed by atoms with E-state index in [1.807, 2.05) is 25.2 Å². The zero-order chi connectivity index (χ0) is 14.7. The van der Waals surface area contributed by atoms with Gasteiger partial charge in [-0.25, -0.2) is 0 Å². The van der Waals surface area contributed by atoms with Gasteiger partial charge in [0, 0.05) is 15.4 Å². The molecule has 0 saturated carbocycles. The maximum atomic E-state index is 5.47. The Morgan fingerprint density at radius 2 is 2.24 bits per heavy atom. The van der Waals surface area contributed by atoms with Crippen molar-refractivity contribution >= 4 is 27.7 Å². The van der Waals surface area contributed by atoms with Gasteiger partial charge in [-0.1, -0.05) is 17.3 Å². The van der Waals surface area contributed by atoms with E-state index in [0.717, 1.165) is 4.47 Å². The average Bonchev–Trinajstić information content (AvgIpc) is 3.14. The highest BCUT2D eigenvalue weighted by Crippen LogP contribution is 2.30. The third-order valence-electron chi connectivity index (χ3n) is 3.45. The lowest BCUT2D eigenvalue weighted by atomic mass is 10.0. The van der Waals surface area contributed by atoms with E-state index in [-0.39, 0.29) is 12.0 Å². The molecule has 1 fully saturated rings. The molecule has 0 radical (unpaired) electrons. The summed E-state index contributed by atoms with van der Waals surface area (Å²) in [5.74, 6) is 2.20. The zero-order valence-corrected chi connectivity index (χ0v) is 14.0. The minimum absolute atomic E-state index is 0.143. The van der Waals surface area contributed by atoms with E-state index in [2.05, 4.69) is 37.5 Å². The summed E-state index contributed by atoms with van der Waals surface area (Å²) >= 11 is 5.22. The smallest absolute Gasteiger partial charge is 0.233 e. The van der Waals surface area contributed by atoms with Crippen LogP contribution in [0.3, 0.4) is 0 Å². The highest BCUT2D eigenvalue weighted by Gasteiger charge is 2.32. The van der Waals surface area contributed by atoms with Crippen LogP contribution in [0.4, 0.5) is 0 Å². The molecule has 1 aromatic heterocycles. The van der Waals surface area contributed by atoms with Crippen molar-refractivity contribution in [1.82, 2.24) is 15.5 Å². The van der Waals surface area contributed by atoms with Gasteiger partial charge in [0.1, 0.15) is 0 Å². The van der Waals surface area contributed by atoms with Crippen LogP contribution >= 0.6 is 27.7 Å². The summed E-state index contributed by atoms with van der Waals surface area (Å²) in [4.78, 5) is 5.67. The van der Waals surface area contributed by atoms with Gasteiger partial charge in [0.15, 0.2) is 5.82 Å². The van der Waals surface area contributed by atoms with Crippen molar-refractivity contribution in [3.63, 3.8) is 0 Å². The Morgan fingerprint density at radius 1 is 1.38 bits per heavy atom. The third-order valence-corrected chi connectivity index (χ3v) is 5.47. The molecule has 3 rings (SSSR count). The normalized spacial score (nSPS) is 21.8. The SMILES string of the molecule is CNC1COCC1c1nc(CSc2ccccc2Br)no1. The van der Waals surface area contributed by atoms with E-state index in [9.17, 15) is 0 Å². The zero-order valence-electron chi connectivity index (χ0n) is 11.6. The number of nitrogens with one attached hydrogen (secondary N) is 1. The van der Waals surface area contributed by atoms with Gasteiger partial charge in [-0.05, 0) is 35.1 Å². The molecule has 0 aliphatic carbocycles. The summed E-state index contributed by atoms with van der Waals surface area (Å²) in [6, 6.07) is 8.35. The Labute approximate surface area is 136 Å². The van der Waals surface area contributed by atoms with E-state index < -0.39 is 0 Å². The lowest BCUT2D eigenvalue weighted by Gasteiger charge is -2.11. The van der Waals surface area contributed by atoms with Crippen LogP contribution in [0.1, 0.15) is 17.6 Å². The summed E-state index contributed by atoms with van der Waals surface area (Å²) in [6.45, 7) is 1.31. The number of benzene rings is 1. The number of ether oxygens (including phenoxy) is 1. The van der Waals surface area contributed by atoms with E-state index in [0.29, 0.717) is 30.7 Å². The highest BCUT2D eigenvalue weighted by atomic mass is 79.9. The second-order valence-electron chi connectivity index (χ2n) is 4.81. The number of nitrogens with zero attached hydrogens (tertiary/aromatic N) is 2. The molecule has 5 nitrogen and oxygen atoms in total. The molecule has 2 atom stereocenters. The summed E-state index contributed by atoms with van der Waals surface area (Å²) in [6.07, 6.45) is 0. The van der Waals surface area contributed by atoms with E-state index in [4.69, 9.17) is 9.26 Å². The van der Waals surface area contributed by atoms with Gasteiger partial charge in [-0.15, -0.1) is 11.8 Å². The first-order chi connectivity index (χ1) is 10.3. The fraction of sp³-hybridized carbons (Fsp3) is 0.429. The molecule has 2 heterocycles. The summed E-state index contributed by atoms with van der Waals surface area (Å²) < 4.78 is 11.9. The number of hydrogen-bond donors (Lipinski definition) is 1. The first-order valence-corrected chi connectivity index (χ1v) is 8.50. The minimum atomic E-state index is 0.143. The van der Waals surface area contributed by atoms with Crippen molar-refractivity contribution in [2.24, 2.45) is 0 Å². The largest absolute Gasteiger partial charge is 0.379 e. The van der Waals surface area contributed by atoms with Crippen LogP contribution in [-0.2, 0) is 10.5 Å². The molecule has 1 aliphatic rings. The molecule has 112 valence electrons. The lowest BCUT2D eigenvalue weighted by Crippen LogP contribution is -2.31. The van der Waals surface area contributed by atoms with Crippen molar-refractivity contribution in [3.05, 3.63) is 40.5 Å². The number of thioether (sulfide) groups is 1. The van der Waals surface area contributed by atoms with Gasteiger partial charge in [-0.2, -0.15) is 4.98 Å². The number of rotatable bonds is 5. The highest BCUT2D eigenvalue weighted by molar-refractivity contribution is 9.10. The van der Waals surface area contributed by atoms with E-state index >= 15 is 0 Å². The minimum Gasteiger partial charge on any atom is -0.379 e. The van der Waals surface area contributed by atoms with Crippen LogP contribution in [0.15, 0.2) is 38.2 Å². The number of aromatic nitrogens is 2. The number of hydrogen-bond acceptors (Lipinski definition) is 6. The Morgan fingerprint density at radius 3 is 3.05 bits per heavy atom. The van der Waals surface area contributed by atoms with Gasteiger partial charge < -0.3 is 14.6 Å². The maximum absolute atomic E-state index is 5.47. The Hall–Kier alpha value is -0.890. The second kappa shape index (κ2) is 6.91. The molecule has 7 heteroatoms. The van der Waals surface area contributed by atoms with Gasteiger partial charge in [0.25, 0.3) is 0 Å². The van der Waals surface area contributed by atoms with Crippen LogP contribution in [0.25, 0.3) is 0 Å². The fourth-order valence-corrected chi connectivity index (χ4v) is 3.67. The molecule has 1 N–H and O–H groups in total.